The maximum absolute atomic E-state index is 10.1. The van der Waals surface area contributed by atoms with Crippen LogP contribution < -0.4 is 11.5 Å². The van der Waals surface area contributed by atoms with Crippen molar-refractivity contribution in [2.45, 2.75) is 25.0 Å². The van der Waals surface area contributed by atoms with Crippen molar-refractivity contribution in [3.05, 3.63) is 156 Å². The number of phenolic OH excluding ortho intramolecular Hbond substituents is 2. The van der Waals surface area contributed by atoms with Gasteiger partial charge in [0.05, 0.1) is 16.8 Å². The predicted octanol–water partition coefficient (Wildman–Crippen LogP) is 8.93. The van der Waals surface area contributed by atoms with E-state index in [4.69, 9.17) is 11.5 Å². The summed E-state index contributed by atoms with van der Waals surface area (Å²) in [6, 6.07) is 45.5. The third-order valence-corrected chi connectivity index (χ3v) is 10.00. The summed E-state index contributed by atoms with van der Waals surface area (Å²) in [5.41, 5.74) is 19.2. The largest absolute Gasteiger partial charge is 0.506 e. The molecule has 0 unspecified atom stereocenters. The van der Waals surface area contributed by atoms with Crippen LogP contribution in [-0.4, -0.2) is 10.2 Å². The van der Waals surface area contributed by atoms with E-state index in [1.807, 2.05) is 12.1 Å². The zero-order valence-corrected chi connectivity index (χ0v) is 24.7. The molecule has 43 heavy (non-hydrogen) atoms. The third-order valence-electron chi connectivity index (χ3n) is 8.00. The Labute approximate surface area is 259 Å². The van der Waals surface area contributed by atoms with Crippen molar-refractivity contribution >= 4 is 34.9 Å². The van der Waals surface area contributed by atoms with Gasteiger partial charge in [0.25, 0.3) is 0 Å². The number of rotatable bonds is 6. The topological polar surface area (TPSA) is 92.5 Å². The van der Waals surface area contributed by atoms with Gasteiger partial charge in [-0.2, -0.15) is 0 Å². The molecule has 0 amide bonds. The Hall–Kier alpha value is -4.78. The highest BCUT2D eigenvalue weighted by molar-refractivity contribution is 7.99. The van der Waals surface area contributed by atoms with E-state index < -0.39 is 5.41 Å². The van der Waals surface area contributed by atoms with Crippen molar-refractivity contribution in [3.63, 3.8) is 0 Å². The van der Waals surface area contributed by atoms with Gasteiger partial charge in [-0.15, -0.1) is 0 Å². The molecule has 0 aliphatic heterocycles. The molecule has 0 saturated heterocycles. The summed E-state index contributed by atoms with van der Waals surface area (Å²) >= 11 is 3.18. The highest BCUT2D eigenvalue weighted by Crippen LogP contribution is 2.56. The maximum Gasteiger partial charge on any atom is 0.139 e. The van der Waals surface area contributed by atoms with Gasteiger partial charge in [0.1, 0.15) is 11.5 Å². The molecule has 6 heteroatoms. The van der Waals surface area contributed by atoms with Crippen LogP contribution in [0, 0.1) is 0 Å². The zero-order chi connectivity index (χ0) is 29.6. The smallest absolute Gasteiger partial charge is 0.139 e. The van der Waals surface area contributed by atoms with Gasteiger partial charge in [-0.1, -0.05) is 96.3 Å². The molecule has 1 aliphatic carbocycles. The first kappa shape index (κ1) is 27.1. The van der Waals surface area contributed by atoms with Crippen molar-refractivity contribution in [2.75, 3.05) is 11.5 Å². The molecular formula is C37H28N2O2S2. The highest BCUT2D eigenvalue weighted by atomic mass is 32.2. The second-order valence-electron chi connectivity index (χ2n) is 10.5. The van der Waals surface area contributed by atoms with Gasteiger partial charge < -0.3 is 21.7 Å². The van der Waals surface area contributed by atoms with Crippen LogP contribution in [0.1, 0.15) is 22.3 Å². The Morgan fingerprint density at radius 3 is 1.21 bits per heavy atom. The fourth-order valence-corrected chi connectivity index (χ4v) is 7.72. The Morgan fingerprint density at radius 2 is 0.814 bits per heavy atom. The van der Waals surface area contributed by atoms with E-state index >= 15 is 0 Å². The van der Waals surface area contributed by atoms with Gasteiger partial charge >= 0.3 is 0 Å². The summed E-state index contributed by atoms with van der Waals surface area (Å²) in [4.78, 5) is 3.99. The van der Waals surface area contributed by atoms with Crippen molar-refractivity contribution in [3.8, 4) is 22.6 Å². The molecule has 6 N–H and O–H groups in total. The van der Waals surface area contributed by atoms with E-state index in [2.05, 4.69) is 97.1 Å². The van der Waals surface area contributed by atoms with E-state index in [1.165, 1.54) is 33.4 Å². The molecule has 4 nitrogen and oxygen atoms in total. The maximum atomic E-state index is 10.1. The first-order valence-electron chi connectivity index (χ1n) is 13.9. The second kappa shape index (κ2) is 10.8. The SMILES string of the molecule is Nc1ccc(Sc2ccc(C3(c4ccc(Sc5ccc(N)c(O)c5)cc4)c4ccccc4-c4ccccc43)cc2)cc1O. The van der Waals surface area contributed by atoms with E-state index in [0.29, 0.717) is 11.4 Å². The third kappa shape index (κ3) is 4.69. The molecule has 0 atom stereocenters. The number of hydrogen-bond donors (Lipinski definition) is 4. The molecule has 0 fully saturated rings. The number of nitrogen functional groups attached to an aromatic ring is 2. The summed E-state index contributed by atoms with van der Waals surface area (Å²) in [7, 11) is 0. The van der Waals surface area contributed by atoms with E-state index in [-0.39, 0.29) is 11.5 Å². The van der Waals surface area contributed by atoms with Gasteiger partial charge in [-0.05, 0) is 94.0 Å². The number of fused-ring (bicyclic) bond motifs is 3. The number of benzene rings is 6. The van der Waals surface area contributed by atoms with E-state index in [0.717, 1.165) is 19.6 Å². The average Bonchev–Trinajstić information content (AvgIpc) is 3.33. The molecule has 0 radical (unpaired) electrons. The van der Waals surface area contributed by atoms with Crippen LogP contribution >= 0.6 is 23.5 Å². The number of phenols is 2. The molecule has 0 aromatic heterocycles. The molecule has 6 aromatic rings. The molecule has 7 rings (SSSR count). The van der Waals surface area contributed by atoms with Crippen LogP contribution in [-0.2, 0) is 5.41 Å². The minimum absolute atomic E-state index is 0.0922. The molecule has 210 valence electrons. The average molecular weight is 597 g/mol. The number of anilines is 2. The summed E-state index contributed by atoms with van der Waals surface area (Å²) in [6.45, 7) is 0. The van der Waals surface area contributed by atoms with Gasteiger partial charge in [-0.3, -0.25) is 0 Å². The lowest BCUT2D eigenvalue weighted by Crippen LogP contribution is -2.28. The molecule has 6 aromatic carbocycles. The number of hydrogen-bond acceptors (Lipinski definition) is 6. The minimum Gasteiger partial charge on any atom is -0.506 e. The van der Waals surface area contributed by atoms with Crippen LogP contribution in [0.4, 0.5) is 11.4 Å². The Morgan fingerprint density at radius 1 is 0.442 bits per heavy atom. The molecular weight excluding hydrogens is 569 g/mol. The lowest BCUT2D eigenvalue weighted by Gasteiger charge is -2.34. The quantitative estimate of drug-likeness (QED) is 0.113. The van der Waals surface area contributed by atoms with Gasteiger partial charge in [-0.25, -0.2) is 0 Å². The van der Waals surface area contributed by atoms with Crippen molar-refractivity contribution < 1.29 is 10.2 Å². The lowest BCUT2D eigenvalue weighted by atomic mass is 9.68. The van der Waals surface area contributed by atoms with E-state index in [1.54, 1.807) is 47.8 Å². The lowest BCUT2D eigenvalue weighted by molar-refractivity contribution is 0.476. The summed E-state index contributed by atoms with van der Waals surface area (Å²) < 4.78 is 0. The normalized spacial score (nSPS) is 12.9. The minimum atomic E-state index is -0.501. The van der Waals surface area contributed by atoms with Crippen LogP contribution in [0.25, 0.3) is 11.1 Å². The van der Waals surface area contributed by atoms with Gasteiger partial charge in [0.2, 0.25) is 0 Å². The molecule has 1 aliphatic rings. The van der Waals surface area contributed by atoms with Crippen molar-refractivity contribution in [2.24, 2.45) is 0 Å². The number of aromatic hydroxyl groups is 2. The molecule has 0 heterocycles. The highest BCUT2D eigenvalue weighted by Gasteiger charge is 2.45. The van der Waals surface area contributed by atoms with Crippen LogP contribution in [0.15, 0.2) is 153 Å². The fraction of sp³-hybridized carbons (Fsp3) is 0.0270. The zero-order valence-electron chi connectivity index (χ0n) is 23.1. The fourth-order valence-electron chi connectivity index (χ4n) is 6.02. The summed E-state index contributed by atoms with van der Waals surface area (Å²) in [5.74, 6) is 0.184. The van der Waals surface area contributed by atoms with Crippen LogP contribution in [0.2, 0.25) is 0 Å². The standard InChI is InChI=1S/C37H28N2O2S2/c38-33-19-17-27(21-35(33)40)42-25-13-9-23(10-14-25)37(31-7-3-1-5-29(31)30-6-2-4-8-32(30)37)24-11-15-26(16-12-24)43-28-18-20-34(39)36(41)22-28/h1-22,40-41H,38-39H2. The number of nitrogens with two attached hydrogens (primary N) is 2. The van der Waals surface area contributed by atoms with Gasteiger partial charge in [0.15, 0.2) is 0 Å². The van der Waals surface area contributed by atoms with Crippen LogP contribution in [0.5, 0.6) is 11.5 Å². The van der Waals surface area contributed by atoms with Crippen molar-refractivity contribution in [1.82, 2.24) is 0 Å². The van der Waals surface area contributed by atoms with Crippen LogP contribution in [0.3, 0.4) is 0 Å². The predicted molar refractivity (Wildman–Crippen MR) is 177 cm³/mol. The van der Waals surface area contributed by atoms with Crippen molar-refractivity contribution in [1.29, 1.82) is 0 Å². The molecule has 0 saturated carbocycles. The Kier molecular flexibility index (Phi) is 6.80. The Bertz CT molecular complexity index is 1830. The van der Waals surface area contributed by atoms with E-state index in [9.17, 15) is 10.2 Å². The monoisotopic (exact) mass is 596 g/mol. The molecule has 0 spiro atoms. The Balaban J connectivity index is 1.33. The summed E-state index contributed by atoms with van der Waals surface area (Å²) in [5, 5.41) is 20.2. The summed E-state index contributed by atoms with van der Waals surface area (Å²) in [6.07, 6.45) is 0. The second-order valence-corrected chi connectivity index (χ2v) is 12.8. The molecule has 0 bridgehead atoms. The van der Waals surface area contributed by atoms with Gasteiger partial charge in [0, 0.05) is 19.6 Å². The first-order chi connectivity index (χ1) is 20.9. The first-order valence-corrected chi connectivity index (χ1v) is 15.5.